The molecule has 1 aliphatic heterocycles. The third-order valence-electron chi connectivity index (χ3n) is 4.96. The summed E-state index contributed by atoms with van der Waals surface area (Å²) in [5.74, 6) is -0.139. The fourth-order valence-electron chi connectivity index (χ4n) is 3.30. The highest BCUT2D eigenvalue weighted by atomic mass is 32.2. The number of rotatable bonds is 5. The maximum absolute atomic E-state index is 12.7. The lowest BCUT2D eigenvalue weighted by Gasteiger charge is -2.29. The van der Waals surface area contributed by atoms with Gasteiger partial charge in [0, 0.05) is 12.2 Å². The van der Waals surface area contributed by atoms with E-state index in [2.05, 4.69) is 32.1 Å². The summed E-state index contributed by atoms with van der Waals surface area (Å²) in [5.41, 5.74) is 0.605. The van der Waals surface area contributed by atoms with Crippen molar-refractivity contribution in [3.8, 4) is 0 Å². The van der Waals surface area contributed by atoms with Crippen LogP contribution >= 0.6 is 0 Å². The number of nitrogens with one attached hydrogen (secondary N) is 2. The van der Waals surface area contributed by atoms with Crippen LogP contribution in [0, 0.1) is 0 Å². The SMILES string of the molecule is CN1CCC(NC(=O)c2cnn3ccc(NS(=O)(=O)c4ccccc4)nc23)CC1. The van der Waals surface area contributed by atoms with Gasteiger partial charge in [-0.25, -0.2) is 17.9 Å². The zero-order valence-electron chi connectivity index (χ0n) is 15.9. The first-order valence-corrected chi connectivity index (χ1v) is 10.8. The van der Waals surface area contributed by atoms with E-state index in [1.54, 1.807) is 24.4 Å². The highest BCUT2D eigenvalue weighted by Crippen LogP contribution is 2.17. The second kappa shape index (κ2) is 7.80. The van der Waals surface area contributed by atoms with Gasteiger partial charge >= 0.3 is 0 Å². The molecule has 0 spiro atoms. The summed E-state index contributed by atoms with van der Waals surface area (Å²) in [6.07, 6.45) is 4.79. The molecule has 1 aromatic carbocycles. The number of fused-ring (bicyclic) bond motifs is 1. The Bertz CT molecular complexity index is 1120. The highest BCUT2D eigenvalue weighted by molar-refractivity contribution is 7.92. The van der Waals surface area contributed by atoms with Gasteiger partial charge in [-0.1, -0.05) is 18.2 Å². The minimum Gasteiger partial charge on any atom is -0.349 e. The van der Waals surface area contributed by atoms with Crippen LogP contribution in [0.15, 0.2) is 53.7 Å². The number of amides is 1. The zero-order chi connectivity index (χ0) is 20.4. The molecule has 3 heterocycles. The number of benzene rings is 1. The van der Waals surface area contributed by atoms with Crippen LogP contribution in [0.1, 0.15) is 23.2 Å². The Balaban J connectivity index is 1.55. The van der Waals surface area contributed by atoms with E-state index in [0.29, 0.717) is 11.2 Å². The quantitative estimate of drug-likeness (QED) is 0.652. The van der Waals surface area contributed by atoms with Crippen LogP contribution in [0.3, 0.4) is 0 Å². The number of sulfonamides is 1. The van der Waals surface area contributed by atoms with Gasteiger partial charge in [-0.15, -0.1) is 0 Å². The largest absolute Gasteiger partial charge is 0.349 e. The molecule has 3 aromatic rings. The molecule has 29 heavy (non-hydrogen) atoms. The first-order valence-electron chi connectivity index (χ1n) is 9.34. The molecular formula is C19H22N6O3S. The predicted octanol–water partition coefficient (Wildman–Crippen LogP) is 1.35. The Morgan fingerprint density at radius 3 is 2.59 bits per heavy atom. The molecule has 9 nitrogen and oxygen atoms in total. The van der Waals surface area contributed by atoms with Gasteiger partial charge in [0.2, 0.25) is 0 Å². The third kappa shape index (κ3) is 4.22. The molecule has 0 unspecified atom stereocenters. The van der Waals surface area contributed by atoms with Gasteiger partial charge in [0.25, 0.3) is 15.9 Å². The molecular weight excluding hydrogens is 392 g/mol. The van der Waals surface area contributed by atoms with E-state index in [4.69, 9.17) is 0 Å². The number of carbonyl (C=O) groups excluding carboxylic acids is 1. The Morgan fingerprint density at radius 1 is 1.14 bits per heavy atom. The van der Waals surface area contributed by atoms with Gasteiger partial charge in [0.15, 0.2) is 5.65 Å². The van der Waals surface area contributed by atoms with Crippen molar-refractivity contribution in [1.29, 1.82) is 0 Å². The number of aromatic nitrogens is 3. The fraction of sp³-hybridized carbons (Fsp3) is 0.316. The summed E-state index contributed by atoms with van der Waals surface area (Å²) >= 11 is 0. The summed E-state index contributed by atoms with van der Waals surface area (Å²) in [5, 5.41) is 7.18. The molecule has 2 N–H and O–H groups in total. The van der Waals surface area contributed by atoms with Gasteiger partial charge in [0.05, 0.1) is 11.1 Å². The highest BCUT2D eigenvalue weighted by Gasteiger charge is 2.22. The van der Waals surface area contributed by atoms with Gasteiger partial charge in [-0.05, 0) is 51.2 Å². The van der Waals surface area contributed by atoms with Crippen molar-refractivity contribution >= 4 is 27.4 Å². The molecule has 1 aliphatic rings. The van der Waals surface area contributed by atoms with Crippen molar-refractivity contribution in [1.82, 2.24) is 24.8 Å². The van der Waals surface area contributed by atoms with Crippen LogP contribution in [0.4, 0.5) is 5.82 Å². The monoisotopic (exact) mass is 414 g/mol. The molecule has 1 amide bonds. The molecule has 152 valence electrons. The first-order chi connectivity index (χ1) is 13.9. The fourth-order valence-corrected chi connectivity index (χ4v) is 4.32. The summed E-state index contributed by atoms with van der Waals surface area (Å²) in [6.45, 7) is 1.87. The third-order valence-corrected chi connectivity index (χ3v) is 6.33. The number of anilines is 1. The maximum Gasteiger partial charge on any atom is 0.263 e. The van der Waals surface area contributed by atoms with Crippen molar-refractivity contribution in [2.75, 3.05) is 24.9 Å². The van der Waals surface area contributed by atoms with Crippen LogP contribution in [-0.4, -0.2) is 60.0 Å². The van der Waals surface area contributed by atoms with Crippen LogP contribution in [0.5, 0.6) is 0 Å². The number of likely N-dealkylation sites (tertiary alicyclic amines) is 1. The summed E-state index contributed by atoms with van der Waals surface area (Å²) < 4.78 is 29.0. The van der Waals surface area contributed by atoms with Crippen LogP contribution in [-0.2, 0) is 10.0 Å². The Kier molecular flexibility index (Phi) is 5.20. The van der Waals surface area contributed by atoms with E-state index in [1.807, 2.05) is 0 Å². The molecule has 0 saturated carbocycles. The maximum atomic E-state index is 12.7. The van der Waals surface area contributed by atoms with E-state index in [-0.39, 0.29) is 22.7 Å². The Hall–Kier alpha value is -2.98. The first kappa shape index (κ1) is 19.3. The topological polar surface area (TPSA) is 109 Å². The minimum atomic E-state index is -3.77. The average molecular weight is 414 g/mol. The molecule has 1 saturated heterocycles. The lowest BCUT2D eigenvalue weighted by Crippen LogP contribution is -2.43. The number of nitrogens with zero attached hydrogens (tertiary/aromatic N) is 4. The van der Waals surface area contributed by atoms with Gasteiger partial charge in [-0.2, -0.15) is 5.10 Å². The Labute approximate surface area is 168 Å². The Morgan fingerprint density at radius 2 is 1.86 bits per heavy atom. The standard InChI is InChI=1S/C19H22N6O3S/c1-24-10-7-14(8-11-24)21-19(26)16-13-20-25-12-9-17(22-18(16)25)23-29(27,28)15-5-3-2-4-6-15/h2-6,9,12-14H,7-8,10-11H2,1H3,(H,21,26)(H,22,23). The molecule has 1 fully saturated rings. The molecule has 0 bridgehead atoms. The summed E-state index contributed by atoms with van der Waals surface area (Å²) in [6, 6.07) is 9.64. The van der Waals surface area contributed by atoms with Crippen molar-refractivity contribution in [3.63, 3.8) is 0 Å². The number of hydrogen-bond acceptors (Lipinski definition) is 6. The van der Waals surface area contributed by atoms with Crippen molar-refractivity contribution in [2.45, 2.75) is 23.8 Å². The second-order valence-electron chi connectivity index (χ2n) is 7.11. The van der Waals surface area contributed by atoms with Crippen LogP contribution < -0.4 is 10.0 Å². The van der Waals surface area contributed by atoms with E-state index in [1.165, 1.54) is 28.9 Å². The summed E-state index contributed by atoms with van der Waals surface area (Å²) in [4.78, 5) is 19.4. The van der Waals surface area contributed by atoms with Crippen LogP contribution in [0.25, 0.3) is 5.65 Å². The molecule has 0 atom stereocenters. The number of carbonyl (C=O) groups is 1. The van der Waals surface area contributed by atoms with Gasteiger partial charge in [0.1, 0.15) is 11.4 Å². The van der Waals surface area contributed by atoms with E-state index in [9.17, 15) is 13.2 Å². The lowest BCUT2D eigenvalue weighted by atomic mass is 10.1. The minimum absolute atomic E-state index is 0.105. The molecule has 0 radical (unpaired) electrons. The lowest BCUT2D eigenvalue weighted by molar-refractivity contribution is 0.0918. The normalized spacial score (nSPS) is 16.0. The zero-order valence-corrected chi connectivity index (χ0v) is 16.8. The molecule has 2 aromatic heterocycles. The summed E-state index contributed by atoms with van der Waals surface area (Å²) in [7, 11) is -1.71. The van der Waals surface area contributed by atoms with Crippen molar-refractivity contribution < 1.29 is 13.2 Å². The van der Waals surface area contributed by atoms with Gasteiger partial charge in [-0.3, -0.25) is 9.52 Å². The smallest absolute Gasteiger partial charge is 0.263 e. The molecule has 4 rings (SSSR count). The second-order valence-corrected chi connectivity index (χ2v) is 8.79. The van der Waals surface area contributed by atoms with Crippen molar-refractivity contribution in [2.24, 2.45) is 0 Å². The van der Waals surface area contributed by atoms with Crippen molar-refractivity contribution in [3.05, 3.63) is 54.4 Å². The number of piperidine rings is 1. The van der Waals surface area contributed by atoms with E-state index >= 15 is 0 Å². The van der Waals surface area contributed by atoms with E-state index < -0.39 is 10.0 Å². The number of hydrogen-bond donors (Lipinski definition) is 2. The molecule has 10 heteroatoms. The van der Waals surface area contributed by atoms with E-state index in [0.717, 1.165) is 25.9 Å². The predicted molar refractivity (Wildman–Crippen MR) is 108 cm³/mol. The molecule has 0 aliphatic carbocycles. The average Bonchev–Trinajstić information content (AvgIpc) is 3.13. The van der Waals surface area contributed by atoms with Crippen LogP contribution in [0.2, 0.25) is 0 Å². The van der Waals surface area contributed by atoms with Gasteiger partial charge < -0.3 is 10.2 Å².